The third-order valence-corrected chi connectivity index (χ3v) is 3.58. The molecule has 1 N–H and O–H groups in total. The fraction of sp³-hybridized carbons (Fsp3) is 0.643. The molecule has 18 heavy (non-hydrogen) atoms. The summed E-state index contributed by atoms with van der Waals surface area (Å²) in [5.74, 6) is 0.509. The van der Waals surface area contributed by atoms with Crippen molar-refractivity contribution in [2.45, 2.75) is 19.3 Å². The van der Waals surface area contributed by atoms with Crippen LogP contribution in [0.2, 0.25) is 0 Å². The number of rotatable bonds is 4. The van der Waals surface area contributed by atoms with Gasteiger partial charge >= 0.3 is 0 Å². The summed E-state index contributed by atoms with van der Waals surface area (Å²) < 4.78 is 0. The van der Waals surface area contributed by atoms with Crippen LogP contribution < -0.4 is 4.90 Å². The van der Waals surface area contributed by atoms with Crippen molar-refractivity contribution >= 4 is 5.69 Å². The Balaban J connectivity index is 2.14. The highest BCUT2D eigenvalue weighted by atomic mass is 16.3. The number of anilines is 1. The van der Waals surface area contributed by atoms with E-state index in [0.717, 1.165) is 31.7 Å². The fourth-order valence-corrected chi connectivity index (χ4v) is 2.56. The molecule has 0 aromatic carbocycles. The quantitative estimate of drug-likeness (QED) is 0.871. The summed E-state index contributed by atoms with van der Waals surface area (Å²) in [5.41, 5.74) is 3.49. The summed E-state index contributed by atoms with van der Waals surface area (Å²) in [5, 5.41) is 8.98. The van der Waals surface area contributed by atoms with Crippen molar-refractivity contribution < 1.29 is 5.11 Å². The van der Waals surface area contributed by atoms with Crippen LogP contribution >= 0.6 is 0 Å². The smallest absolute Gasteiger partial charge is 0.0558 e. The highest BCUT2D eigenvalue weighted by Gasteiger charge is 2.24. The number of hydrogen-bond acceptors (Lipinski definition) is 4. The molecule has 4 nitrogen and oxygen atoms in total. The number of likely N-dealkylation sites (tertiary alicyclic amines) is 1. The molecular weight excluding hydrogens is 226 g/mol. The lowest BCUT2D eigenvalue weighted by atomic mass is 10.0. The maximum absolute atomic E-state index is 8.98. The van der Waals surface area contributed by atoms with E-state index < -0.39 is 0 Å². The van der Waals surface area contributed by atoms with Gasteiger partial charge in [0.2, 0.25) is 0 Å². The number of aryl methyl sites for hydroxylation is 1. The van der Waals surface area contributed by atoms with Gasteiger partial charge in [-0.1, -0.05) is 0 Å². The van der Waals surface area contributed by atoms with Crippen LogP contribution in [0.5, 0.6) is 0 Å². The minimum absolute atomic E-state index is 0.247. The van der Waals surface area contributed by atoms with Crippen molar-refractivity contribution in [2.75, 3.05) is 45.2 Å². The first kappa shape index (κ1) is 13.3. The van der Waals surface area contributed by atoms with Crippen LogP contribution in [0.15, 0.2) is 12.1 Å². The van der Waals surface area contributed by atoms with Gasteiger partial charge in [0.1, 0.15) is 0 Å². The zero-order valence-electron chi connectivity index (χ0n) is 11.6. The molecule has 2 heterocycles. The Morgan fingerprint density at radius 1 is 1.44 bits per heavy atom. The monoisotopic (exact) mass is 249 g/mol. The molecule has 1 saturated heterocycles. The van der Waals surface area contributed by atoms with E-state index in [9.17, 15) is 0 Å². The number of aliphatic hydroxyl groups excluding tert-OH is 1. The Kier molecular flexibility index (Phi) is 4.19. The van der Waals surface area contributed by atoms with E-state index in [-0.39, 0.29) is 6.61 Å². The van der Waals surface area contributed by atoms with E-state index in [0.29, 0.717) is 5.92 Å². The Hall–Kier alpha value is -1.13. The first-order valence-electron chi connectivity index (χ1n) is 6.59. The van der Waals surface area contributed by atoms with Gasteiger partial charge < -0.3 is 14.9 Å². The molecule has 1 fully saturated rings. The second-order valence-electron chi connectivity index (χ2n) is 5.30. The fourth-order valence-electron chi connectivity index (χ4n) is 2.56. The highest BCUT2D eigenvalue weighted by molar-refractivity contribution is 5.47. The largest absolute Gasteiger partial charge is 0.395 e. The zero-order valence-corrected chi connectivity index (χ0v) is 11.6. The number of hydrogen-bond donors (Lipinski definition) is 1. The predicted molar refractivity (Wildman–Crippen MR) is 74.2 cm³/mol. The molecule has 0 amide bonds. The zero-order chi connectivity index (χ0) is 13.1. The van der Waals surface area contributed by atoms with E-state index in [1.54, 1.807) is 0 Å². The molecule has 1 aliphatic heterocycles. The lowest BCUT2D eigenvalue weighted by Gasteiger charge is -2.18. The maximum atomic E-state index is 8.98. The van der Waals surface area contributed by atoms with Crippen molar-refractivity contribution in [3.63, 3.8) is 0 Å². The van der Waals surface area contributed by atoms with Crippen LogP contribution in [0.25, 0.3) is 0 Å². The van der Waals surface area contributed by atoms with Gasteiger partial charge in [-0.2, -0.15) is 0 Å². The van der Waals surface area contributed by atoms with Crippen LogP contribution in [0.1, 0.15) is 23.7 Å². The van der Waals surface area contributed by atoms with E-state index in [2.05, 4.69) is 47.9 Å². The SMILES string of the molecule is Cc1cc(N(C)C)cc(C2CCN(CCO)C2)n1. The first-order valence-corrected chi connectivity index (χ1v) is 6.59. The average Bonchev–Trinajstić information content (AvgIpc) is 2.77. The number of β-amino-alcohol motifs (C(OH)–C–C–N with tert-alkyl or cyclic N) is 1. The third kappa shape index (κ3) is 3.00. The van der Waals surface area contributed by atoms with Gasteiger partial charge in [0.05, 0.1) is 6.61 Å². The molecule has 1 aromatic heterocycles. The Morgan fingerprint density at radius 3 is 2.89 bits per heavy atom. The van der Waals surface area contributed by atoms with Crippen molar-refractivity contribution in [2.24, 2.45) is 0 Å². The van der Waals surface area contributed by atoms with E-state index in [1.165, 1.54) is 11.4 Å². The summed E-state index contributed by atoms with van der Waals surface area (Å²) in [6, 6.07) is 4.31. The summed E-state index contributed by atoms with van der Waals surface area (Å²) in [6.45, 7) is 5.17. The topological polar surface area (TPSA) is 39.6 Å². The summed E-state index contributed by atoms with van der Waals surface area (Å²) in [4.78, 5) is 9.11. The Bertz CT molecular complexity index is 406. The average molecular weight is 249 g/mol. The molecule has 1 aromatic rings. The predicted octanol–water partition coefficient (Wildman–Crippen LogP) is 1.24. The van der Waals surface area contributed by atoms with E-state index in [4.69, 9.17) is 5.11 Å². The summed E-state index contributed by atoms with van der Waals surface area (Å²) >= 11 is 0. The van der Waals surface area contributed by atoms with Gasteiger partial charge in [0.25, 0.3) is 0 Å². The van der Waals surface area contributed by atoms with Gasteiger partial charge in [0, 0.05) is 50.2 Å². The Morgan fingerprint density at radius 2 is 2.22 bits per heavy atom. The number of aromatic nitrogens is 1. The van der Waals surface area contributed by atoms with Crippen molar-refractivity contribution in [3.8, 4) is 0 Å². The van der Waals surface area contributed by atoms with Crippen LogP contribution in [0.4, 0.5) is 5.69 Å². The standard InChI is InChI=1S/C14H23N3O/c1-11-8-13(16(2)3)9-14(15-11)12-4-5-17(10-12)6-7-18/h8-9,12,18H,4-7,10H2,1-3H3. The molecular formula is C14H23N3O. The molecule has 0 saturated carbocycles. The van der Waals surface area contributed by atoms with Crippen LogP contribution in [0, 0.1) is 6.92 Å². The van der Waals surface area contributed by atoms with Crippen molar-refractivity contribution in [1.82, 2.24) is 9.88 Å². The van der Waals surface area contributed by atoms with Gasteiger partial charge in [-0.05, 0) is 32.0 Å². The summed E-state index contributed by atoms with van der Waals surface area (Å²) in [7, 11) is 4.12. The molecule has 1 unspecified atom stereocenters. The lowest BCUT2D eigenvalue weighted by molar-refractivity contribution is 0.220. The normalized spacial score (nSPS) is 20.3. The van der Waals surface area contributed by atoms with Gasteiger partial charge in [-0.25, -0.2) is 0 Å². The van der Waals surface area contributed by atoms with Crippen LogP contribution in [-0.2, 0) is 0 Å². The van der Waals surface area contributed by atoms with Crippen LogP contribution in [-0.4, -0.2) is 55.3 Å². The molecule has 0 radical (unpaired) electrons. The number of aliphatic hydroxyl groups is 1. The van der Waals surface area contributed by atoms with E-state index in [1.807, 2.05) is 0 Å². The lowest BCUT2D eigenvalue weighted by Crippen LogP contribution is -2.24. The molecule has 0 bridgehead atoms. The maximum Gasteiger partial charge on any atom is 0.0558 e. The first-order chi connectivity index (χ1) is 8.60. The molecule has 1 atom stereocenters. The van der Waals surface area contributed by atoms with E-state index >= 15 is 0 Å². The van der Waals surface area contributed by atoms with Crippen molar-refractivity contribution in [1.29, 1.82) is 0 Å². The second-order valence-corrected chi connectivity index (χ2v) is 5.30. The van der Waals surface area contributed by atoms with Crippen molar-refractivity contribution in [3.05, 3.63) is 23.5 Å². The number of pyridine rings is 1. The van der Waals surface area contributed by atoms with Gasteiger partial charge in [-0.3, -0.25) is 4.98 Å². The summed E-state index contributed by atoms with van der Waals surface area (Å²) in [6.07, 6.45) is 1.14. The molecule has 100 valence electrons. The molecule has 0 aliphatic carbocycles. The molecule has 2 rings (SSSR count). The molecule has 0 spiro atoms. The Labute approximate surface area is 109 Å². The highest BCUT2D eigenvalue weighted by Crippen LogP contribution is 2.28. The molecule has 4 heteroatoms. The number of nitrogens with zero attached hydrogens (tertiary/aromatic N) is 3. The molecule has 1 aliphatic rings. The third-order valence-electron chi connectivity index (χ3n) is 3.58. The minimum Gasteiger partial charge on any atom is -0.395 e. The van der Waals surface area contributed by atoms with Gasteiger partial charge in [-0.15, -0.1) is 0 Å². The van der Waals surface area contributed by atoms with Crippen LogP contribution in [0.3, 0.4) is 0 Å². The van der Waals surface area contributed by atoms with Gasteiger partial charge in [0.15, 0.2) is 0 Å². The second kappa shape index (κ2) is 5.67. The minimum atomic E-state index is 0.247.